The van der Waals surface area contributed by atoms with E-state index in [9.17, 15) is 13.6 Å². The van der Waals surface area contributed by atoms with Crippen molar-refractivity contribution in [3.63, 3.8) is 0 Å². The molecule has 0 saturated heterocycles. The van der Waals surface area contributed by atoms with E-state index in [2.05, 4.69) is 10.1 Å². The van der Waals surface area contributed by atoms with Crippen molar-refractivity contribution >= 4 is 5.91 Å². The number of carbonyl (C=O) groups excluding carboxylic acids is 1. The van der Waals surface area contributed by atoms with Gasteiger partial charge in [0, 0.05) is 24.1 Å². The summed E-state index contributed by atoms with van der Waals surface area (Å²) in [7, 11) is 1.46. The Morgan fingerprint density at radius 1 is 1.38 bits per heavy atom. The first-order valence-corrected chi connectivity index (χ1v) is 6.50. The minimum absolute atomic E-state index is 0.000417. The van der Waals surface area contributed by atoms with Gasteiger partial charge in [-0.15, -0.1) is 0 Å². The van der Waals surface area contributed by atoms with Gasteiger partial charge in [0.05, 0.1) is 7.11 Å². The fourth-order valence-electron chi connectivity index (χ4n) is 1.61. The smallest absolute Gasteiger partial charge is 0.387 e. The first-order chi connectivity index (χ1) is 9.85. The molecule has 1 aromatic rings. The van der Waals surface area contributed by atoms with E-state index in [0.717, 1.165) is 0 Å². The van der Waals surface area contributed by atoms with Crippen LogP contribution < -0.4 is 20.5 Å². The molecule has 2 atom stereocenters. The number of hydrogen-bond donors (Lipinski definition) is 2. The van der Waals surface area contributed by atoms with E-state index < -0.39 is 6.61 Å². The molecule has 3 N–H and O–H groups in total. The first-order valence-electron chi connectivity index (χ1n) is 6.50. The fraction of sp³-hybridized carbons (Fsp3) is 0.500. The highest BCUT2D eigenvalue weighted by atomic mass is 19.3. The van der Waals surface area contributed by atoms with E-state index in [-0.39, 0.29) is 30.2 Å². The Hall–Kier alpha value is -1.89. The van der Waals surface area contributed by atoms with Crippen molar-refractivity contribution in [1.29, 1.82) is 0 Å². The van der Waals surface area contributed by atoms with Gasteiger partial charge in [0.2, 0.25) is 5.91 Å². The molecule has 118 valence electrons. The summed E-state index contributed by atoms with van der Waals surface area (Å²) in [5, 5.41) is 2.65. The highest BCUT2D eigenvalue weighted by Crippen LogP contribution is 2.25. The Kier molecular flexibility index (Phi) is 6.36. The molecular formula is C14H20F2N2O3. The molecule has 0 spiro atoms. The number of halogens is 2. The summed E-state index contributed by atoms with van der Waals surface area (Å²) in [6, 6.07) is 4.12. The van der Waals surface area contributed by atoms with Gasteiger partial charge in [-0.05, 0) is 25.1 Å². The molecule has 0 bridgehead atoms. The van der Waals surface area contributed by atoms with Gasteiger partial charge in [0.15, 0.2) is 0 Å². The van der Waals surface area contributed by atoms with Crippen LogP contribution in [0.2, 0.25) is 0 Å². The molecule has 0 fully saturated rings. The Balaban J connectivity index is 2.82. The number of rotatable bonds is 7. The quantitative estimate of drug-likeness (QED) is 0.807. The van der Waals surface area contributed by atoms with Crippen molar-refractivity contribution in [2.24, 2.45) is 11.7 Å². The van der Waals surface area contributed by atoms with Crippen molar-refractivity contribution in [3.8, 4) is 11.5 Å². The summed E-state index contributed by atoms with van der Waals surface area (Å²) in [5.41, 5.74) is 6.05. The van der Waals surface area contributed by atoms with Crippen LogP contribution in [0.4, 0.5) is 8.78 Å². The predicted octanol–water partition coefficient (Wildman–Crippen LogP) is 1.90. The van der Waals surface area contributed by atoms with E-state index in [1.807, 2.05) is 0 Å². The summed E-state index contributed by atoms with van der Waals surface area (Å²) >= 11 is 0. The number of ether oxygens (including phenoxy) is 2. The molecule has 1 aromatic carbocycles. The number of amides is 1. The van der Waals surface area contributed by atoms with Gasteiger partial charge in [-0.25, -0.2) is 0 Å². The molecule has 0 heterocycles. The second kappa shape index (κ2) is 7.78. The molecule has 0 saturated carbocycles. The summed E-state index contributed by atoms with van der Waals surface area (Å²) in [6.45, 7) is 0.536. The van der Waals surface area contributed by atoms with Crippen LogP contribution in [-0.4, -0.2) is 25.7 Å². The lowest BCUT2D eigenvalue weighted by atomic mass is 10.0. The van der Waals surface area contributed by atoms with Gasteiger partial charge in [-0.3, -0.25) is 4.79 Å². The third-order valence-corrected chi connectivity index (χ3v) is 3.14. The molecule has 1 rings (SSSR count). The molecule has 1 amide bonds. The summed E-state index contributed by atoms with van der Waals surface area (Å²) < 4.78 is 34.2. The lowest BCUT2D eigenvalue weighted by Gasteiger charge is -2.17. The van der Waals surface area contributed by atoms with Gasteiger partial charge in [-0.1, -0.05) is 6.92 Å². The van der Waals surface area contributed by atoms with Crippen molar-refractivity contribution in [2.45, 2.75) is 33.0 Å². The normalized spacial score (nSPS) is 13.7. The van der Waals surface area contributed by atoms with E-state index >= 15 is 0 Å². The summed E-state index contributed by atoms with van der Waals surface area (Å²) in [5.74, 6) is -0.147. The second-order valence-electron chi connectivity index (χ2n) is 4.72. The molecule has 0 aliphatic carbocycles. The number of carbonyl (C=O) groups is 1. The molecule has 0 aliphatic rings. The maximum absolute atomic E-state index is 12.4. The minimum atomic E-state index is -2.93. The fourth-order valence-corrected chi connectivity index (χ4v) is 1.61. The van der Waals surface area contributed by atoms with Crippen LogP contribution in [0, 0.1) is 5.92 Å². The second-order valence-corrected chi connectivity index (χ2v) is 4.72. The van der Waals surface area contributed by atoms with E-state index in [1.54, 1.807) is 13.8 Å². The molecule has 5 nitrogen and oxygen atoms in total. The van der Waals surface area contributed by atoms with E-state index in [4.69, 9.17) is 10.5 Å². The van der Waals surface area contributed by atoms with Crippen LogP contribution in [0.3, 0.4) is 0 Å². The number of benzene rings is 1. The standard InChI is InChI=1S/C14H20F2N2O3/c1-8(9(2)17)13(19)18-7-10-6-11(20-3)4-5-12(10)21-14(15)16/h4-6,8-9,14H,7,17H2,1-3H3,(H,18,19). The van der Waals surface area contributed by atoms with Gasteiger partial charge in [-0.2, -0.15) is 8.78 Å². The first kappa shape index (κ1) is 17.2. The number of nitrogens with one attached hydrogen (secondary N) is 1. The van der Waals surface area contributed by atoms with Crippen LogP contribution >= 0.6 is 0 Å². The lowest BCUT2D eigenvalue weighted by molar-refractivity contribution is -0.125. The Morgan fingerprint density at radius 2 is 2.05 bits per heavy atom. The third kappa shape index (κ3) is 5.18. The van der Waals surface area contributed by atoms with Gasteiger partial charge >= 0.3 is 6.61 Å². The van der Waals surface area contributed by atoms with Crippen LogP contribution in [0.25, 0.3) is 0 Å². The topological polar surface area (TPSA) is 73.6 Å². The average Bonchev–Trinajstić information content (AvgIpc) is 2.44. The van der Waals surface area contributed by atoms with Gasteiger partial charge in [0.1, 0.15) is 11.5 Å². The third-order valence-electron chi connectivity index (χ3n) is 3.14. The van der Waals surface area contributed by atoms with Gasteiger partial charge in [0.25, 0.3) is 0 Å². The van der Waals surface area contributed by atoms with Crippen molar-refractivity contribution in [3.05, 3.63) is 23.8 Å². The molecule has 0 aromatic heterocycles. The number of nitrogens with two attached hydrogens (primary N) is 1. The highest BCUT2D eigenvalue weighted by molar-refractivity contribution is 5.79. The zero-order valence-corrected chi connectivity index (χ0v) is 12.2. The monoisotopic (exact) mass is 302 g/mol. The highest BCUT2D eigenvalue weighted by Gasteiger charge is 2.18. The minimum Gasteiger partial charge on any atom is -0.497 e. The number of methoxy groups -OCH3 is 1. The lowest BCUT2D eigenvalue weighted by Crippen LogP contribution is -2.38. The van der Waals surface area contributed by atoms with Crippen LogP contribution in [0.15, 0.2) is 18.2 Å². The van der Waals surface area contributed by atoms with Crippen molar-refractivity contribution < 1.29 is 23.0 Å². The average molecular weight is 302 g/mol. The van der Waals surface area contributed by atoms with Crippen molar-refractivity contribution in [2.75, 3.05) is 7.11 Å². The molecule has 0 aliphatic heterocycles. The maximum atomic E-state index is 12.4. The largest absolute Gasteiger partial charge is 0.497 e. The van der Waals surface area contributed by atoms with Crippen LogP contribution in [0.1, 0.15) is 19.4 Å². The van der Waals surface area contributed by atoms with Crippen LogP contribution in [-0.2, 0) is 11.3 Å². The zero-order valence-electron chi connectivity index (χ0n) is 12.2. The molecular weight excluding hydrogens is 282 g/mol. The summed E-state index contributed by atoms with van der Waals surface area (Å²) in [4.78, 5) is 11.8. The van der Waals surface area contributed by atoms with Crippen molar-refractivity contribution in [1.82, 2.24) is 5.32 Å². The Bertz CT molecular complexity index is 481. The zero-order chi connectivity index (χ0) is 16.0. The summed E-state index contributed by atoms with van der Waals surface area (Å²) in [6.07, 6.45) is 0. The molecule has 0 radical (unpaired) electrons. The van der Waals surface area contributed by atoms with E-state index in [0.29, 0.717) is 11.3 Å². The molecule has 2 unspecified atom stereocenters. The number of hydrogen-bond acceptors (Lipinski definition) is 4. The van der Waals surface area contributed by atoms with E-state index in [1.165, 1.54) is 25.3 Å². The predicted molar refractivity (Wildman–Crippen MR) is 74.3 cm³/mol. The maximum Gasteiger partial charge on any atom is 0.387 e. The van der Waals surface area contributed by atoms with Gasteiger partial charge < -0.3 is 20.5 Å². The molecule has 7 heteroatoms. The Morgan fingerprint density at radius 3 is 2.57 bits per heavy atom. The SMILES string of the molecule is COc1ccc(OC(F)F)c(CNC(=O)C(C)C(C)N)c1. The molecule has 21 heavy (non-hydrogen) atoms. The number of alkyl halides is 2. The van der Waals surface area contributed by atoms with Crippen LogP contribution in [0.5, 0.6) is 11.5 Å². The Labute approximate surface area is 122 Å².